The quantitative estimate of drug-likeness (QED) is 0.496. The minimum Gasteiger partial charge on any atom is -0.478 e. The second kappa shape index (κ2) is 8.03. The number of esters is 1. The highest BCUT2D eigenvalue weighted by molar-refractivity contribution is 6.31. The number of methoxy groups -OCH3 is 1. The van der Waals surface area contributed by atoms with Crippen LogP contribution in [0, 0.1) is 4.91 Å². The second-order valence-electron chi connectivity index (χ2n) is 5.39. The van der Waals surface area contributed by atoms with E-state index in [1.807, 2.05) is 0 Å². The van der Waals surface area contributed by atoms with E-state index < -0.39 is 24.0 Å². The molecule has 0 saturated carbocycles. The molecule has 8 heteroatoms. The fourth-order valence-corrected chi connectivity index (χ4v) is 3.05. The minimum absolute atomic E-state index is 0.119. The van der Waals surface area contributed by atoms with Crippen molar-refractivity contribution in [1.29, 1.82) is 0 Å². The summed E-state index contributed by atoms with van der Waals surface area (Å²) in [5.41, 5.74) is 0.919. The number of halogens is 1. The van der Waals surface area contributed by atoms with Gasteiger partial charge in [-0.2, -0.15) is 4.91 Å². The standard InChI is InChI=1S/C16H17ClN2O5/c1-24-16(22)15(11-4-2-3-5-12(11)17)19-7-6-13(18-23)10(9-19)8-14(20)21/h2-5,8,13,15H,6-7,9H2,1H3,(H,20,21)/b10-8-/t13?,15-/m0/s1. The molecular formula is C16H17ClN2O5. The third-order valence-electron chi connectivity index (χ3n) is 3.93. The molecule has 1 aromatic carbocycles. The van der Waals surface area contributed by atoms with E-state index in [2.05, 4.69) is 5.18 Å². The summed E-state index contributed by atoms with van der Waals surface area (Å²) in [4.78, 5) is 35.9. The molecule has 24 heavy (non-hydrogen) atoms. The summed E-state index contributed by atoms with van der Waals surface area (Å²) in [5.74, 6) is -1.66. The van der Waals surface area contributed by atoms with Gasteiger partial charge in [0.25, 0.3) is 0 Å². The number of nitrogens with zero attached hydrogens (tertiary/aromatic N) is 2. The summed E-state index contributed by atoms with van der Waals surface area (Å²) in [6.07, 6.45) is 1.29. The van der Waals surface area contributed by atoms with E-state index in [-0.39, 0.29) is 6.54 Å². The van der Waals surface area contributed by atoms with Crippen LogP contribution in [0.5, 0.6) is 0 Å². The van der Waals surface area contributed by atoms with Gasteiger partial charge < -0.3 is 9.84 Å². The number of carbonyl (C=O) groups is 2. The summed E-state index contributed by atoms with van der Waals surface area (Å²) in [6, 6.07) is 5.40. The Morgan fingerprint density at radius 2 is 2.17 bits per heavy atom. The van der Waals surface area contributed by atoms with Gasteiger partial charge in [-0.25, -0.2) is 9.59 Å². The first-order valence-corrected chi connectivity index (χ1v) is 7.68. The van der Waals surface area contributed by atoms with Crippen LogP contribution in [0.4, 0.5) is 0 Å². The van der Waals surface area contributed by atoms with Crippen LogP contribution in [0.1, 0.15) is 18.0 Å². The van der Waals surface area contributed by atoms with Gasteiger partial charge in [0.2, 0.25) is 0 Å². The third kappa shape index (κ3) is 3.98. The molecule has 0 aliphatic carbocycles. The molecule has 1 fully saturated rings. The van der Waals surface area contributed by atoms with Gasteiger partial charge in [-0.1, -0.05) is 35.0 Å². The molecule has 1 aliphatic heterocycles. The molecule has 0 radical (unpaired) electrons. The summed E-state index contributed by atoms with van der Waals surface area (Å²) in [7, 11) is 1.28. The number of hydrogen-bond donors (Lipinski definition) is 1. The van der Waals surface area contributed by atoms with Gasteiger partial charge in [0.05, 0.1) is 7.11 Å². The lowest BCUT2D eigenvalue weighted by Gasteiger charge is -2.36. The molecule has 1 aliphatic rings. The first-order valence-electron chi connectivity index (χ1n) is 7.30. The Morgan fingerprint density at radius 3 is 2.75 bits per heavy atom. The van der Waals surface area contributed by atoms with Gasteiger partial charge in [-0.05, 0) is 23.6 Å². The number of piperidine rings is 1. The van der Waals surface area contributed by atoms with E-state index in [9.17, 15) is 14.5 Å². The van der Waals surface area contributed by atoms with Crippen molar-refractivity contribution in [2.24, 2.45) is 5.18 Å². The molecular weight excluding hydrogens is 336 g/mol. The molecule has 128 valence electrons. The normalized spacial score (nSPS) is 21.2. The van der Waals surface area contributed by atoms with Gasteiger partial charge in [-0.15, -0.1) is 0 Å². The van der Waals surface area contributed by atoms with E-state index in [0.717, 1.165) is 6.08 Å². The highest BCUT2D eigenvalue weighted by Crippen LogP contribution is 2.32. The van der Waals surface area contributed by atoms with Gasteiger partial charge in [0, 0.05) is 24.2 Å². The maximum Gasteiger partial charge on any atom is 0.328 e. The number of aliphatic carboxylic acids is 1. The van der Waals surface area contributed by atoms with Crippen molar-refractivity contribution < 1.29 is 19.4 Å². The monoisotopic (exact) mass is 352 g/mol. The molecule has 0 spiro atoms. The zero-order chi connectivity index (χ0) is 17.7. The number of carbonyl (C=O) groups excluding carboxylic acids is 1. The highest BCUT2D eigenvalue weighted by atomic mass is 35.5. The van der Waals surface area contributed by atoms with Crippen molar-refractivity contribution >= 4 is 23.5 Å². The molecule has 0 amide bonds. The Bertz CT molecular complexity index is 676. The van der Waals surface area contributed by atoms with Crippen LogP contribution in [0.2, 0.25) is 5.02 Å². The lowest BCUT2D eigenvalue weighted by atomic mass is 9.95. The van der Waals surface area contributed by atoms with Crippen molar-refractivity contribution in [1.82, 2.24) is 4.90 Å². The molecule has 1 saturated heterocycles. The van der Waals surface area contributed by atoms with Crippen molar-refractivity contribution in [2.45, 2.75) is 18.5 Å². The summed E-state index contributed by atoms with van der Waals surface area (Å²) in [5, 5.41) is 12.4. The minimum atomic E-state index is -1.16. The summed E-state index contributed by atoms with van der Waals surface area (Å²) >= 11 is 6.20. The lowest BCUT2D eigenvalue weighted by molar-refractivity contribution is -0.147. The molecule has 2 atom stereocenters. The Labute approximate surface area is 143 Å². The number of carboxylic acids is 1. The molecule has 7 nitrogen and oxygen atoms in total. The second-order valence-corrected chi connectivity index (χ2v) is 5.79. The summed E-state index contributed by atoms with van der Waals surface area (Å²) in [6.45, 7) is 0.506. The highest BCUT2D eigenvalue weighted by Gasteiger charge is 2.35. The Kier molecular flexibility index (Phi) is 6.05. The predicted octanol–water partition coefficient (Wildman–Crippen LogP) is 2.41. The van der Waals surface area contributed by atoms with Gasteiger partial charge in [0.1, 0.15) is 12.1 Å². The predicted molar refractivity (Wildman–Crippen MR) is 87.7 cm³/mol. The van der Waals surface area contributed by atoms with E-state index >= 15 is 0 Å². The number of rotatable bonds is 5. The largest absolute Gasteiger partial charge is 0.478 e. The topological polar surface area (TPSA) is 96.3 Å². The molecule has 0 aromatic heterocycles. The summed E-state index contributed by atoms with van der Waals surface area (Å²) < 4.78 is 4.88. The number of hydrogen-bond acceptors (Lipinski definition) is 6. The lowest BCUT2D eigenvalue weighted by Crippen LogP contribution is -2.43. The van der Waals surface area contributed by atoms with E-state index in [4.69, 9.17) is 21.4 Å². The average molecular weight is 353 g/mol. The van der Waals surface area contributed by atoms with Crippen LogP contribution in [0.15, 0.2) is 41.1 Å². The smallest absolute Gasteiger partial charge is 0.328 e. The van der Waals surface area contributed by atoms with Crippen LogP contribution >= 0.6 is 11.6 Å². The number of carboxylic acid groups (broad SMARTS) is 1. The fraction of sp³-hybridized carbons (Fsp3) is 0.375. The Balaban J connectivity index is 2.37. The zero-order valence-corrected chi connectivity index (χ0v) is 13.8. The molecule has 1 unspecified atom stereocenters. The first kappa shape index (κ1) is 18.1. The number of ether oxygens (including phenoxy) is 1. The molecule has 0 bridgehead atoms. The average Bonchev–Trinajstić information content (AvgIpc) is 2.56. The number of likely N-dealkylation sites (tertiary alicyclic amines) is 1. The van der Waals surface area contributed by atoms with Crippen molar-refractivity contribution in [3.63, 3.8) is 0 Å². The first-order chi connectivity index (χ1) is 11.5. The van der Waals surface area contributed by atoms with E-state index in [1.165, 1.54) is 7.11 Å². The zero-order valence-electron chi connectivity index (χ0n) is 13.0. The maximum atomic E-state index is 12.3. The third-order valence-corrected chi connectivity index (χ3v) is 4.27. The number of nitroso groups, excluding NO2 is 1. The van der Waals surface area contributed by atoms with Crippen LogP contribution < -0.4 is 0 Å². The van der Waals surface area contributed by atoms with Crippen molar-refractivity contribution in [2.75, 3.05) is 20.2 Å². The van der Waals surface area contributed by atoms with Crippen LogP contribution in [-0.4, -0.2) is 48.2 Å². The molecule has 1 aromatic rings. The fourth-order valence-electron chi connectivity index (χ4n) is 2.81. The Hall–Kier alpha value is -2.25. The van der Waals surface area contributed by atoms with Crippen LogP contribution in [-0.2, 0) is 14.3 Å². The Morgan fingerprint density at radius 1 is 1.46 bits per heavy atom. The van der Waals surface area contributed by atoms with Crippen molar-refractivity contribution in [3.8, 4) is 0 Å². The van der Waals surface area contributed by atoms with Gasteiger partial charge in [0.15, 0.2) is 0 Å². The molecule has 2 rings (SSSR count). The van der Waals surface area contributed by atoms with E-state index in [0.29, 0.717) is 29.1 Å². The van der Waals surface area contributed by atoms with Gasteiger partial charge >= 0.3 is 11.9 Å². The molecule has 1 N–H and O–H groups in total. The van der Waals surface area contributed by atoms with Gasteiger partial charge in [-0.3, -0.25) is 4.90 Å². The van der Waals surface area contributed by atoms with Crippen LogP contribution in [0.25, 0.3) is 0 Å². The van der Waals surface area contributed by atoms with Crippen molar-refractivity contribution in [3.05, 3.63) is 51.4 Å². The van der Waals surface area contributed by atoms with Crippen LogP contribution in [0.3, 0.4) is 0 Å². The number of benzene rings is 1. The SMILES string of the molecule is COC(=O)[C@H](c1ccccc1Cl)N1CCC(N=O)/C(=C\C(=O)O)C1. The maximum absolute atomic E-state index is 12.3. The molecule has 1 heterocycles. The van der Waals surface area contributed by atoms with E-state index in [1.54, 1.807) is 29.2 Å².